The molecule has 0 spiro atoms. The van der Waals surface area contributed by atoms with Crippen molar-refractivity contribution in [3.8, 4) is 0 Å². The molecule has 1 aromatic rings. The van der Waals surface area contributed by atoms with Crippen LogP contribution >= 0.6 is 0 Å². The maximum atomic E-state index is 13.2. The van der Waals surface area contributed by atoms with Gasteiger partial charge >= 0.3 is 12.1 Å². The molecule has 1 aliphatic rings. The number of benzene rings is 1. The van der Waals surface area contributed by atoms with E-state index < -0.39 is 29.7 Å². The third-order valence-corrected chi connectivity index (χ3v) is 4.87. The van der Waals surface area contributed by atoms with Gasteiger partial charge in [-0.15, -0.1) is 0 Å². The molecule has 1 heterocycles. The van der Waals surface area contributed by atoms with Crippen LogP contribution in [0.4, 0.5) is 4.79 Å². The smallest absolute Gasteiger partial charge is 0.408 e. The van der Waals surface area contributed by atoms with Crippen LogP contribution in [-0.4, -0.2) is 77.6 Å². The van der Waals surface area contributed by atoms with E-state index in [1.54, 1.807) is 34.6 Å². The van der Waals surface area contributed by atoms with Crippen molar-refractivity contribution in [3.63, 3.8) is 0 Å². The number of amides is 3. The van der Waals surface area contributed by atoms with Crippen LogP contribution in [0.3, 0.4) is 0 Å². The normalized spacial score (nSPS) is 17.5. The number of alkyl carbamates (subject to hydrolysis) is 1. The number of carbonyl (C=O) groups excluding carboxylic acids is 4. The summed E-state index contributed by atoms with van der Waals surface area (Å²) in [6.45, 7) is 8.96. The Hall–Kier alpha value is -3.10. The van der Waals surface area contributed by atoms with Crippen molar-refractivity contribution >= 4 is 23.9 Å². The lowest BCUT2D eigenvalue weighted by Gasteiger charge is -2.41. The maximum absolute atomic E-state index is 13.2. The number of nitrogens with zero attached hydrogens (tertiary/aromatic N) is 2. The Morgan fingerprint density at radius 2 is 1.81 bits per heavy atom. The summed E-state index contributed by atoms with van der Waals surface area (Å²) in [7, 11) is 0. The lowest BCUT2D eigenvalue weighted by Crippen LogP contribution is -2.63. The first kappa shape index (κ1) is 25.2. The van der Waals surface area contributed by atoms with Crippen LogP contribution in [0, 0.1) is 0 Å². The van der Waals surface area contributed by atoms with E-state index in [0.29, 0.717) is 6.42 Å². The second-order valence-electron chi connectivity index (χ2n) is 8.67. The SMILES string of the molecule is CCOC(=O)CN1CCN(C(=O)[C@@H](C)NC(=O)OC(C)(C)C)[C@H](Cc2ccccc2)C1=O. The lowest BCUT2D eigenvalue weighted by molar-refractivity contribution is -0.157. The minimum Gasteiger partial charge on any atom is -0.465 e. The van der Waals surface area contributed by atoms with E-state index in [-0.39, 0.29) is 38.1 Å². The molecule has 2 rings (SSSR count). The van der Waals surface area contributed by atoms with Gasteiger partial charge in [0.25, 0.3) is 0 Å². The number of hydrogen-bond acceptors (Lipinski definition) is 6. The van der Waals surface area contributed by atoms with E-state index in [0.717, 1.165) is 5.56 Å². The van der Waals surface area contributed by atoms with Gasteiger partial charge in [0.05, 0.1) is 6.61 Å². The van der Waals surface area contributed by atoms with Gasteiger partial charge in [0.15, 0.2) is 0 Å². The molecular weight excluding hydrogens is 414 g/mol. The summed E-state index contributed by atoms with van der Waals surface area (Å²) in [6.07, 6.45) is -0.408. The maximum Gasteiger partial charge on any atom is 0.408 e. The number of hydrogen-bond donors (Lipinski definition) is 1. The number of carbonyl (C=O) groups is 4. The fourth-order valence-corrected chi connectivity index (χ4v) is 3.45. The van der Waals surface area contributed by atoms with Gasteiger partial charge in [-0.3, -0.25) is 14.4 Å². The molecule has 0 unspecified atom stereocenters. The molecule has 3 amide bonds. The van der Waals surface area contributed by atoms with Crippen LogP contribution in [0.15, 0.2) is 30.3 Å². The summed E-state index contributed by atoms with van der Waals surface area (Å²) in [5, 5.41) is 2.54. The van der Waals surface area contributed by atoms with Gasteiger partial charge < -0.3 is 24.6 Å². The Morgan fingerprint density at radius 1 is 1.16 bits per heavy atom. The highest BCUT2D eigenvalue weighted by Gasteiger charge is 2.40. The summed E-state index contributed by atoms with van der Waals surface area (Å²) in [5.74, 6) is -1.20. The highest BCUT2D eigenvalue weighted by atomic mass is 16.6. The monoisotopic (exact) mass is 447 g/mol. The van der Waals surface area contributed by atoms with E-state index in [9.17, 15) is 19.2 Å². The fraction of sp³-hybridized carbons (Fsp3) is 0.565. The first-order valence-corrected chi connectivity index (χ1v) is 10.8. The molecule has 1 N–H and O–H groups in total. The number of esters is 1. The predicted molar refractivity (Wildman–Crippen MR) is 118 cm³/mol. The van der Waals surface area contributed by atoms with Gasteiger partial charge in [0.1, 0.15) is 24.2 Å². The molecule has 0 radical (unpaired) electrons. The molecule has 0 aromatic heterocycles. The third-order valence-electron chi connectivity index (χ3n) is 4.87. The van der Waals surface area contributed by atoms with E-state index >= 15 is 0 Å². The summed E-state index contributed by atoms with van der Waals surface area (Å²) in [5.41, 5.74) is 0.187. The average molecular weight is 448 g/mol. The quantitative estimate of drug-likeness (QED) is 0.639. The first-order chi connectivity index (χ1) is 15.0. The average Bonchev–Trinajstić information content (AvgIpc) is 2.70. The predicted octanol–water partition coefficient (Wildman–Crippen LogP) is 1.74. The van der Waals surface area contributed by atoms with Crippen molar-refractivity contribution in [1.82, 2.24) is 15.1 Å². The van der Waals surface area contributed by atoms with Crippen molar-refractivity contribution in [2.45, 2.75) is 58.7 Å². The number of nitrogens with one attached hydrogen (secondary N) is 1. The van der Waals surface area contributed by atoms with E-state index in [2.05, 4.69) is 5.32 Å². The Balaban J connectivity index is 2.17. The van der Waals surface area contributed by atoms with Crippen molar-refractivity contribution in [2.75, 3.05) is 26.2 Å². The molecule has 176 valence electrons. The topological polar surface area (TPSA) is 105 Å². The van der Waals surface area contributed by atoms with Gasteiger partial charge in [-0.05, 0) is 40.2 Å². The summed E-state index contributed by atoms with van der Waals surface area (Å²) >= 11 is 0. The summed E-state index contributed by atoms with van der Waals surface area (Å²) in [4.78, 5) is 53.3. The van der Waals surface area contributed by atoms with Gasteiger partial charge in [-0.25, -0.2) is 4.79 Å². The van der Waals surface area contributed by atoms with Crippen molar-refractivity contribution < 1.29 is 28.7 Å². The van der Waals surface area contributed by atoms with Gasteiger partial charge in [-0.2, -0.15) is 0 Å². The summed E-state index contributed by atoms with van der Waals surface area (Å²) in [6, 6.07) is 7.67. The highest BCUT2D eigenvalue weighted by molar-refractivity contribution is 5.93. The third kappa shape index (κ3) is 7.25. The Morgan fingerprint density at radius 3 is 2.41 bits per heavy atom. The van der Waals surface area contributed by atoms with Crippen LogP contribution in [0.25, 0.3) is 0 Å². The molecular formula is C23H33N3O6. The van der Waals surface area contributed by atoms with Crippen LogP contribution in [0.5, 0.6) is 0 Å². The Bertz CT molecular complexity index is 821. The molecule has 32 heavy (non-hydrogen) atoms. The second kappa shape index (κ2) is 11.0. The molecule has 9 heteroatoms. The second-order valence-corrected chi connectivity index (χ2v) is 8.67. The van der Waals surface area contributed by atoms with E-state index in [4.69, 9.17) is 9.47 Å². The number of piperazine rings is 1. The molecule has 1 aromatic carbocycles. The molecule has 0 bridgehead atoms. The van der Waals surface area contributed by atoms with E-state index in [1.165, 1.54) is 9.80 Å². The van der Waals surface area contributed by atoms with Crippen molar-refractivity contribution in [2.24, 2.45) is 0 Å². The highest BCUT2D eigenvalue weighted by Crippen LogP contribution is 2.18. The van der Waals surface area contributed by atoms with Crippen molar-refractivity contribution in [3.05, 3.63) is 35.9 Å². The first-order valence-electron chi connectivity index (χ1n) is 10.8. The molecule has 2 atom stereocenters. The minimum atomic E-state index is -0.882. The molecule has 1 fully saturated rings. The Labute approximate surface area is 189 Å². The Kier molecular flexibility index (Phi) is 8.63. The van der Waals surface area contributed by atoms with Gasteiger partial charge in [0.2, 0.25) is 11.8 Å². The number of rotatable bonds is 7. The molecule has 1 aliphatic heterocycles. The van der Waals surface area contributed by atoms with Gasteiger partial charge in [-0.1, -0.05) is 30.3 Å². The number of ether oxygens (including phenoxy) is 2. The zero-order chi connectivity index (χ0) is 23.9. The molecule has 9 nitrogen and oxygen atoms in total. The standard InChI is InChI=1S/C23H33N3O6/c1-6-31-19(27)15-25-12-13-26(18(21(25)29)14-17-10-8-7-9-11-17)20(28)16(2)24-22(30)32-23(3,4)5/h7-11,16,18H,6,12-15H2,1-5H3,(H,24,30)/t16-,18-/m1/s1. The molecule has 0 aliphatic carbocycles. The van der Waals surface area contributed by atoms with Crippen LogP contribution in [-0.2, 0) is 30.3 Å². The fourth-order valence-electron chi connectivity index (χ4n) is 3.45. The lowest BCUT2D eigenvalue weighted by atomic mass is 10.00. The minimum absolute atomic E-state index is 0.161. The zero-order valence-corrected chi connectivity index (χ0v) is 19.4. The molecule has 1 saturated heterocycles. The van der Waals surface area contributed by atoms with Crippen LogP contribution in [0.2, 0.25) is 0 Å². The van der Waals surface area contributed by atoms with Gasteiger partial charge in [0, 0.05) is 19.5 Å². The summed E-state index contributed by atoms with van der Waals surface area (Å²) < 4.78 is 10.2. The van der Waals surface area contributed by atoms with Crippen LogP contribution in [0.1, 0.15) is 40.2 Å². The largest absolute Gasteiger partial charge is 0.465 e. The molecule has 0 saturated carbocycles. The van der Waals surface area contributed by atoms with Crippen LogP contribution < -0.4 is 5.32 Å². The van der Waals surface area contributed by atoms with E-state index in [1.807, 2.05) is 30.3 Å². The van der Waals surface area contributed by atoms with Crippen molar-refractivity contribution in [1.29, 1.82) is 0 Å². The zero-order valence-electron chi connectivity index (χ0n) is 19.4.